The molecule has 0 bridgehead atoms. The molecule has 0 saturated carbocycles. The summed E-state index contributed by atoms with van der Waals surface area (Å²) in [5, 5.41) is 11.0. The summed E-state index contributed by atoms with van der Waals surface area (Å²) in [6, 6.07) is 0. The smallest absolute Gasteiger partial charge is 0.0740 e. The van der Waals surface area contributed by atoms with Crippen LogP contribution in [0.4, 0.5) is 0 Å². The molecule has 0 aliphatic heterocycles. The lowest BCUT2D eigenvalue weighted by atomic mass is 9.78. The molecule has 20 heavy (non-hydrogen) atoms. The number of rotatable bonds is 2. The van der Waals surface area contributed by atoms with Crippen molar-refractivity contribution in [1.29, 1.82) is 0 Å². The van der Waals surface area contributed by atoms with Crippen molar-refractivity contribution in [3.05, 3.63) is 46.6 Å². The van der Waals surface area contributed by atoms with E-state index < -0.39 is 0 Å². The van der Waals surface area contributed by atoms with Crippen LogP contribution in [0.5, 0.6) is 0 Å². The first-order chi connectivity index (χ1) is 9.84. The lowest BCUT2D eigenvalue weighted by Crippen LogP contribution is -2.29. The third kappa shape index (κ3) is 1.95. The van der Waals surface area contributed by atoms with Crippen molar-refractivity contribution in [2.75, 3.05) is 0 Å². The lowest BCUT2D eigenvalue weighted by Gasteiger charge is -2.30. The molecular formula is C19H24O. The molecule has 1 heteroatoms. The second-order valence-corrected chi connectivity index (χ2v) is 6.78. The molecule has 0 aromatic heterocycles. The van der Waals surface area contributed by atoms with Gasteiger partial charge in [0.15, 0.2) is 0 Å². The van der Waals surface area contributed by atoms with Crippen LogP contribution in [0, 0.1) is 11.8 Å². The van der Waals surface area contributed by atoms with Gasteiger partial charge >= 0.3 is 0 Å². The van der Waals surface area contributed by atoms with E-state index in [1.807, 2.05) is 0 Å². The van der Waals surface area contributed by atoms with Crippen LogP contribution < -0.4 is 0 Å². The topological polar surface area (TPSA) is 20.2 Å². The Bertz CT molecular complexity index is 484. The fraction of sp³-hybridized carbons (Fsp3) is 0.579. The van der Waals surface area contributed by atoms with Crippen molar-refractivity contribution in [2.24, 2.45) is 11.8 Å². The van der Waals surface area contributed by atoms with Gasteiger partial charge in [0, 0.05) is 11.8 Å². The van der Waals surface area contributed by atoms with E-state index in [4.69, 9.17) is 0 Å². The molecule has 106 valence electrons. The Morgan fingerprint density at radius 3 is 1.70 bits per heavy atom. The minimum Gasteiger partial charge on any atom is -0.391 e. The lowest BCUT2D eigenvalue weighted by molar-refractivity contribution is 0.113. The minimum absolute atomic E-state index is 0.237. The van der Waals surface area contributed by atoms with Gasteiger partial charge in [-0.2, -0.15) is 0 Å². The molecule has 2 unspecified atom stereocenters. The molecular weight excluding hydrogens is 244 g/mol. The summed E-state index contributed by atoms with van der Waals surface area (Å²) in [5.41, 5.74) is 6.14. The Kier molecular flexibility index (Phi) is 3.18. The highest BCUT2D eigenvalue weighted by molar-refractivity contribution is 5.43. The van der Waals surface area contributed by atoms with E-state index in [1.54, 1.807) is 11.1 Å². The molecule has 1 nitrogen and oxygen atoms in total. The zero-order valence-corrected chi connectivity index (χ0v) is 12.1. The summed E-state index contributed by atoms with van der Waals surface area (Å²) >= 11 is 0. The van der Waals surface area contributed by atoms with Gasteiger partial charge in [-0.25, -0.2) is 0 Å². The Labute approximate surface area is 121 Å². The van der Waals surface area contributed by atoms with Gasteiger partial charge in [0.1, 0.15) is 0 Å². The quantitative estimate of drug-likeness (QED) is 0.784. The highest BCUT2D eigenvalue weighted by Gasteiger charge is 2.36. The molecule has 0 saturated heterocycles. The van der Waals surface area contributed by atoms with E-state index in [2.05, 4.69) is 24.3 Å². The number of hydrogen-bond acceptors (Lipinski definition) is 1. The van der Waals surface area contributed by atoms with Crippen molar-refractivity contribution in [3.8, 4) is 0 Å². The molecule has 4 aliphatic rings. The van der Waals surface area contributed by atoms with Crippen LogP contribution in [-0.2, 0) is 0 Å². The third-order valence-corrected chi connectivity index (χ3v) is 5.66. The van der Waals surface area contributed by atoms with Crippen LogP contribution in [0.1, 0.15) is 51.4 Å². The van der Waals surface area contributed by atoms with Crippen molar-refractivity contribution < 1.29 is 5.11 Å². The average Bonchev–Trinajstić information content (AvgIpc) is 3.11. The second-order valence-electron chi connectivity index (χ2n) is 6.78. The van der Waals surface area contributed by atoms with Crippen LogP contribution >= 0.6 is 0 Å². The molecule has 0 amide bonds. The highest BCUT2D eigenvalue weighted by atomic mass is 16.3. The monoisotopic (exact) mass is 268 g/mol. The second kappa shape index (κ2) is 5.04. The Morgan fingerprint density at radius 1 is 0.750 bits per heavy atom. The standard InChI is InChI=1S/C19H24O/c20-19(17-11-9-13-5-1-3-7-15(13)17)18-12-10-14-6-2-4-8-16(14)18/h9-12,17-20H,1-8H2. The Morgan fingerprint density at radius 2 is 1.20 bits per heavy atom. The normalized spacial score (nSPS) is 33.6. The highest BCUT2D eigenvalue weighted by Crippen LogP contribution is 2.44. The van der Waals surface area contributed by atoms with Gasteiger partial charge in [0.05, 0.1) is 6.10 Å². The zero-order chi connectivity index (χ0) is 13.5. The van der Waals surface area contributed by atoms with Gasteiger partial charge in [-0.3, -0.25) is 0 Å². The first kappa shape index (κ1) is 12.6. The fourth-order valence-corrected chi connectivity index (χ4v) is 4.58. The number of aliphatic hydroxyl groups is 1. The number of aliphatic hydroxyl groups excluding tert-OH is 1. The first-order valence-electron chi connectivity index (χ1n) is 8.33. The first-order valence-corrected chi connectivity index (χ1v) is 8.33. The summed E-state index contributed by atoms with van der Waals surface area (Å²) in [4.78, 5) is 0. The van der Waals surface area contributed by atoms with Gasteiger partial charge < -0.3 is 5.11 Å². The summed E-state index contributed by atoms with van der Waals surface area (Å²) in [7, 11) is 0. The van der Waals surface area contributed by atoms with Crippen LogP contribution in [0.2, 0.25) is 0 Å². The Balaban J connectivity index is 1.58. The average molecular weight is 268 g/mol. The van der Waals surface area contributed by atoms with E-state index in [-0.39, 0.29) is 17.9 Å². The van der Waals surface area contributed by atoms with Crippen LogP contribution in [0.25, 0.3) is 0 Å². The molecule has 4 rings (SSSR count). The third-order valence-electron chi connectivity index (χ3n) is 5.66. The van der Waals surface area contributed by atoms with Crippen molar-refractivity contribution in [2.45, 2.75) is 57.5 Å². The maximum atomic E-state index is 11.0. The predicted molar refractivity (Wildman–Crippen MR) is 82.3 cm³/mol. The van der Waals surface area contributed by atoms with Crippen molar-refractivity contribution in [1.82, 2.24) is 0 Å². The summed E-state index contributed by atoms with van der Waals surface area (Å²) in [5.74, 6) is 0.572. The van der Waals surface area contributed by atoms with Gasteiger partial charge in [-0.15, -0.1) is 0 Å². The largest absolute Gasteiger partial charge is 0.391 e. The number of allylic oxidation sites excluding steroid dienone is 4. The van der Waals surface area contributed by atoms with E-state index >= 15 is 0 Å². The molecule has 0 radical (unpaired) electrons. The van der Waals surface area contributed by atoms with Gasteiger partial charge in [0.2, 0.25) is 0 Å². The van der Waals surface area contributed by atoms with Crippen molar-refractivity contribution in [3.63, 3.8) is 0 Å². The zero-order valence-electron chi connectivity index (χ0n) is 12.1. The summed E-state index contributed by atoms with van der Waals surface area (Å²) in [6.07, 6.45) is 19.0. The Hall–Kier alpha value is -1.08. The molecule has 0 aromatic carbocycles. The molecule has 0 fully saturated rings. The molecule has 1 N–H and O–H groups in total. The molecule has 0 heterocycles. The summed E-state index contributed by atoms with van der Waals surface area (Å²) in [6.45, 7) is 0. The number of hydrogen-bond donors (Lipinski definition) is 1. The predicted octanol–water partition coefficient (Wildman–Crippen LogP) is 4.46. The maximum Gasteiger partial charge on any atom is 0.0740 e. The summed E-state index contributed by atoms with van der Waals surface area (Å²) < 4.78 is 0. The van der Waals surface area contributed by atoms with E-state index in [9.17, 15) is 5.11 Å². The maximum absolute atomic E-state index is 11.0. The van der Waals surface area contributed by atoms with Gasteiger partial charge in [0.25, 0.3) is 0 Å². The van der Waals surface area contributed by atoms with Gasteiger partial charge in [-0.1, -0.05) is 35.5 Å². The molecule has 4 aliphatic carbocycles. The molecule has 0 aromatic rings. The van der Waals surface area contributed by atoms with Gasteiger partial charge in [-0.05, 0) is 62.5 Å². The van der Waals surface area contributed by atoms with E-state index in [0.717, 1.165) is 0 Å². The minimum atomic E-state index is -0.237. The van der Waals surface area contributed by atoms with Crippen molar-refractivity contribution >= 4 is 0 Å². The van der Waals surface area contributed by atoms with Crippen LogP contribution in [0.15, 0.2) is 46.6 Å². The fourth-order valence-electron chi connectivity index (χ4n) is 4.58. The van der Waals surface area contributed by atoms with E-state index in [1.165, 1.54) is 62.5 Å². The van der Waals surface area contributed by atoms with E-state index in [0.29, 0.717) is 0 Å². The molecule has 2 atom stereocenters. The van der Waals surface area contributed by atoms with Crippen LogP contribution in [-0.4, -0.2) is 11.2 Å². The van der Waals surface area contributed by atoms with Crippen LogP contribution in [0.3, 0.4) is 0 Å². The SMILES string of the molecule is OC(C1C=CC2=C1CCCC2)C1C=CC2=C1CCCC2. The molecule has 0 spiro atoms.